The van der Waals surface area contributed by atoms with Crippen molar-refractivity contribution in [3.8, 4) is 28.7 Å². The third-order valence-corrected chi connectivity index (χ3v) is 4.60. The average Bonchev–Trinajstić information content (AvgIpc) is 3.17. The Morgan fingerprint density at radius 1 is 0.846 bits per heavy atom. The maximum absolute atomic E-state index is 5.75. The Hall–Kier alpha value is -2.67. The topological polar surface area (TPSA) is 66.6 Å². The van der Waals surface area contributed by atoms with Crippen LogP contribution >= 0.6 is 11.8 Å². The number of thioether (sulfide) groups is 1. The van der Waals surface area contributed by atoms with Crippen molar-refractivity contribution in [2.75, 3.05) is 27.1 Å². The standard InChI is InChI=1S/C19H20N2O4S/c1-22-15-6-4-13(5-7-15)8-9-26-19-21-20-18(25-19)14-10-16(23-2)12-17(11-14)24-3/h4-7,10-12H,8-9H2,1-3H3. The van der Waals surface area contributed by atoms with Crippen molar-refractivity contribution in [1.82, 2.24) is 10.2 Å². The lowest BCUT2D eigenvalue weighted by molar-refractivity contribution is 0.394. The largest absolute Gasteiger partial charge is 0.497 e. The molecular weight excluding hydrogens is 352 g/mol. The normalized spacial score (nSPS) is 10.6. The van der Waals surface area contributed by atoms with Crippen LogP contribution in [0.5, 0.6) is 17.2 Å². The molecule has 0 aliphatic rings. The molecular formula is C19H20N2O4S. The SMILES string of the molecule is COc1ccc(CCSc2nnc(-c3cc(OC)cc(OC)c3)o2)cc1. The molecule has 0 bridgehead atoms. The van der Waals surface area contributed by atoms with Gasteiger partial charge in [-0.25, -0.2) is 0 Å². The number of aromatic nitrogens is 2. The van der Waals surface area contributed by atoms with E-state index in [-0.39, 0.29) is 0 Å². The van der Waals surface area contributed by atoms with Gasteiger partial charge in [0.1, 0.15) is 17.2 Å². The fourth-order valence-electron chi connectivity index (χ4n) is 2.36. The molecule has 0 saturated carbocycles. The van der Waals surface area contributed by atoms with Crippen LogP contribution in [0.2, 0.25) is 0 Å². The van der Waals surface area contributed by atoms with E-state index in [0.717, 1.165) is 23.5 Å². The van der Waals surface area contributed by atoms with Gasteiger partial charge in [0.25, 0.3) is 5.22 Å². The first-order valence-electron chi connectivity index (χ1n) is 8.04. The Balaban J connectivity index is 1.62. The van der Waals surface area contributed by atoms with Crippen molar-refractivity contribution >= 4 is 11.8 Å². The summed E-state index contributed by atoms with van der Waals surface area (Å²) in [4.78, 5) is 0. The lowest BCUT2D eigenvalue weighted by Gasteiger charge is -2.05. The molecule has 0 atom stereocenters. The minimum atomic E-state index is 0.439. The number of rotatable bonds is 8. The smallest absolute Gasteiger partial charge is 0.276 e. The molecule has 2 aromatic carbocycles. The quantitative estimate of drug-likeness (QED) is 0.552. The highest BCUT2D eigenvalue weighted by Gasteiger charge is 2.12. The Labute approximate surface area is 156 Å². The summed E-state index contributed by atoms with van der Waals surface area (Å²) in [6.07, 6.45) is 0.902. The van der Waals surface area contributed by atoms with Crippen molar-refractivity contribution in [3.63, 3.8) is 0 Å². The van der Waals surface area contributed by atoms with Crippen molar-refractivity contribution in [2.24, 2.45) is 0 Å². The molecule has 0 fully saturated rings. The molecule has 136 valence electrons. The zero-order valence-electron chi connectivity index (χ0n) is 14.9. The summed E-state index contributed by atoms with van der Waals surface area (Å²) in [7, 11) is 4.87. The Bertz CT molecular complexity index is 827. The number of nitrogens with zero attached hydrogens (tertiary/aromatic N) is 2. The van der Waals surface area contributed by atoms with Gasteiger partial charge in [-0.05, 0) is 36.2 Å². The maximum Gasteiger partial charge on any atom is 0.276 e. The maximum atomic E-state index is 5.75. The molecule has 0 N–H and O–H groups in total. The van der Waals surface area contributed by atoms with Crippen LogP contribution in [-0.2, 0) is 6.42 Å². The summed E-state index contributed by atoms with van der Waals surface area (Å²) in [6.45, 7) is 0. The summed E-state index contributed by atoms with van der Waals surface area (Å²) in [5.74, 6) is 3.48. The summed E-state index contributed by atoms with van der Waals surface area (Å²) < 4.78 is 21.5. The highest BCUT2D eigenvalue weighted by Crippen LogP contribution is 2.30. The zero-order chi connectivity index (χ0) is 18.4. The average molecular weight is 372 g/mol. The van der Waals surface area contributed by atoms with Crippen LogP contribution in [0.1, 0.15) is 5.56 Å². The number of hydrogen-bond donors (Lipinski definition) is 0. The molecule has 6 nitrogen and oxygen atoms in total. The molecule has 0 aliphatic heterocycles. The molecule has 1 aromatic heterocycles. The van der Waals surface area contributed by atoms with Crippen LogP contribution in [0.15, 0.2) is 52.1 Å². The summed E-state index contributed by atoms with van der Waals surface area (Å²) in [5.41, 5.74) is 1.99. The molecule has 1 heterocycles. The molecule has 3 aromatic rings. The highest BCUT2D eigenvalue weighted by atomic mass is 32.2. The highest BCUT2D eigenvalue weighted by molar-refractivity contribution is 7.99. The predicted octanol–water partition coefficient (Wildman–Crippen LogP) is 4.10. The first-order chi connectivity index (χ1) is 12.7. The van der Waals surface area contributed by atoms with Gasteiger partial charge in [-0.2, -0.15) is 0 Å². The number of hydrogen-bond acceptors (Lipinski definition) is 7. The first-order valence-corrected chi connectivity index (χ1v) is 9.03. The van der Waals surface area contributed by atoms with E-state index < -0.39 is 0 Å². The molecule has 3 rings (SSSR count). The Morgan fingerprint density at radius 2 is 1.50 bits per heavy atom. The lowest BCUT2D eigenvalue weighted by Crippen LogP contribution is -1.89. The fourth-order valence-corrected chi connectivity index (χ4v) is 3.11. The monoisotopic (exact) mass is 372 g/mol. The molecule has 0 aliphatic carbocycles. The van der Waals surface area contributed by atoms with Crippen molar-refractivity contribution in [1.29, 1.82) is 0 Å². The fraction of sp³-hybridized carbons (Fsp3) is 0.263. The van der Waals surface area contributed by atoms with E-state index in [1.165, 1.54) is 17.3 Å². The predicted molar refractivity (Wildman–Crippen MR) is 100 cm³/mol. The molecule has 0 amide bonds. The van der Waals surface area contributed by atoms with Gasteiger partial charge in [-0.15, -0.1) is 10.2 Å². The summed E-state index contributed by atoms with van der Waals surface area (Å²) in [5, 5.41) is 8.76. The summed E-state index contributed by atoms with van der Waals surface area (Å²) >= 11 is 1.53. The van der Waals surface area contributed by atoms with Gasteiger partial charge >= 0.3 is 0 Å². The number of aryl methyl sites for hydroxylation is 1. The van der Waals surface area contributed by atoms with E-state index in [1.807, 2.05) is 24.3 Å². The van der Waals surface area contributed by atoms with Gasteiger partial charge in [-0.3, -0.25) is 0 Å². The van der Waals surface area contributed by atoms with Crippen molar-refractivity contribution in [2.45, 2.75) is 11.6 Å². The van der Waals surface area contributed by atoms with Crippen LogP contribution < -0.4 is 14.2 Å². The molecule has 7 heteroatoms. The Kier molecular flexibility index (Phi) is 6.01. The second-order valence-electron chi connectivity index (χ2n) is 5.42. The van der Waals surface area contributed by atoms with Gasteiger partial charge in [-0.1, -0.05) is 23.9 Å². The van der Waals surface area contributed by atoms with Crippen LogP contribution in [-0.4, -0.2) is 37.3 Å². The van der Waals surface area contributed by atoms with Crippen molar-refractivity contribution in [3.05, 3.63) is 48.0 Å². The van der Waals surface area contributed by atoms with E-state index >= 15 is 0 Å². The lowest BCUT2D eigenvalue weighted by atomic mass is 10.2. The van der Waals surface area contributed by atoms with Gasteiger partial charge in [0.05, 0.1) is 21.3 Å². The van der Waals surface area contributed by atoms with Crippen LogP contribution in [0.3, 0.4) is 0 Å². The number of benzene rings is 2. The second kappa shape index (κ2) is 8.62. The molecule has 0 unspecified atom stereocenters. The first kappa shape index (κ1) is 18.1. The van der Waals surface area contributed by atoms with Crippen LogP contribution in [0, 0.1) is 0 Å². The van der Waals surface area contributed by atoms with E-state index in [9.17, 15) is 0 Å². The van der Waals surface area contributed by atoms with Gasteiger partial charge in [0, 0.05) is 17.4 Å². The van der Waals surface area contributed by atoms with Gasteiger partial charge in [0.2, 0.25) is 5.89 Å². The Morgan fingerprint density at radius 3 is 2.12 bits per heavy atom. The molecule has 0 spiro atoms. The second-order valence-corrected chi connectivity index (χ2v) is 6.47. The minimum Gasteiger partial charge on any atom is -0.497 e. The van der Waals surface area contributed by atoms with Crippen LogP contribution in [0.4, 0.5) is 0 Å². The molecule has 26 heavy (non-hydrogen) atoms. The minimum absolute atomic E-state index is 0.439. The van der Waals surface area contributed by atoms with E-state index in [4.69, 9.17) is 18.6 Å². The van der Waals surface area contributed by atoms with Crippen LogP contribution in [0.25, 0.3) is 11.5 Å². The molecule has 0 radical (unpaired) electrons. The van der Waals surface area contributed by atoms with E-state index in [1.54, 1.807) is 27.4 Å². The summed E-state index contributed by atoms with van der Waals surface area (Å²) in [6, 6.07) is 13.5. The van der Waals surface area contributed by atoms with Crippen molar-refractivity contribution < 1.29 is 18.6 Å². The van der Waals surface area contributed by atoms with E-state index in [0.29, 0.717) is 22.6 Å². The van der Waals surface area contributed by atoms with Gasteiger partial charge in [0.15, 0.2) is 0 Å². The number of ether oxygens (including phenoxy) is 3. The third kappa shape index (κ3) is 4.49. The van der Waals surface area contributed by atoms with Gasteiger partial charge < -0.3 is 18.6 Å². The molecule has 0 saturated heterocycles. The zero-order valence-corrected chi connectivity index (χ0v) is 15.7. The van der Waals surface area contributed by atoms with E-state index in [2.05, 4.69) is 22.3 Å². The third-order valence-electron chi connectivity index (χ3n) is 3.78. The number of methoxy groups -OCH3 is 3.